The molecule has 9 heteroatoms. The van der Waals surface area contributed by atoms with Gasteiger partial charge in [-0.1, -0.05) is 0 Å². The molecule has 1 aliphatic heterocycles. The summed E-state index contributed by atoms with van der Waals surface area (Å²) < 4.78 is 32.2. The van der Waals surface area contributed by atoms with Crippen molar-refractivity contribution >= 4 is 33.3 Å². The molecule has 0 bridgehead atoms. The molecule has 1 fully saturated rings. The van der Waals surface area contributed by atoms with Crippen LogP contribution in [-0.2, 0) is 22.4 Å². The second-order valence-electron chi connectivity index (χ2n) is 11.1. The Kier molecular flexibility index (Phi) is 8.15. The average Bonchev–Trinajstić information content (AvgIpc) is 2.30. The normalized spacial score (nSPS) is 29.1. The minimum absolute atomic E-state index is 0.101. The van der Waals surface area contributed by atoms with Gasteiger partial charge in [0.25, 0.3) is 0 Å². The van der Waals surface area contributed by atoms with Crippen molar-refractivity contribution in [1.82, 2.24) is 0 Å². The highest BCUT2D eigenvalue weighted by Crippen LogP contribution is 2.31. The largest absolute Gasteiger partial charge is 0.410 e. The second-order valence-corrected chi connectivity index (χ2v) is 28.9. The van der Waals surface area contributed by atoms with Gasteiger partial charge in [0.15, 0.2) is 39.6 Å². The maximum Gasteiger partial charge on any atom is 0.187 e. The molecule has 0 aromatic carbocycles. The Labute approximate surface area is 165 Å². The molecule has 5 nitrogen and oxygen atoms in total. The summed E-state index contributed by atoms with van der Waals surface area (Å²) in [6.45, 7) is 26.9. The third-order valence-corrected chi connectivity index (χ3v) is 7.24. The molecule has 0 aromatic heterocycles. The van der Waals surface area contributed by atoms with E-state index in [1.807, 2.05) is 0 Å². The zero-order valence-electron chi connectivity index (χ0n) is 19.1. The quantitative estimate of drug-likeness (QED) is 0.507. The molecule has 156 valence electrons. The molecule has 1 saturated heterocycles. The molecule has 0 unspecified atom stereocenters. The lowest BCUT2D eigenvalue weighted by Gasteiger charge is -2.48. The molecule has 26 heavy (non-hydrogen) atoms. The maximum atomic E-state index is 6.63. The summed E-state index contributed by atoms with van der Waals surface area (Å²) in [5.41, 5.74) is 0. The van der Waals surface area contributed by atoms with Crippen molar-refractivity contribution < 1.29 is 22.4 Å². The Balaban J connectivity index is 3.20. The first-order valence-electron chi connectivity index (χ1n) is 9.69. The summed E-state index contributed by atoms with van der Waals surface area (Å²) in [5, 5.41) is 0. The lowest BCUT2D eigenvalue weighted by atomic mass is 10.1. The molecule has 1 aliphatic rings. The van der Waals surface area contributed by atoms with E-state index < -0.39 is 33.3 Å². The first kappa shape index (κ1) is 24.7. The van der Waals surface area contributed by atoms with Crippen LogP contribution in [0.5, 0.6) is 0 Å². The molecule has 0 amide bonds. The Morgan fingerprint density at radius 3 is 1.31 bits per heavy atom. The van der Waals surface area contributed by atoms with Crippen LogP contribution in [-0.4, -0.2) is 64.5 Å². The molecule has 1 heterocycles. The van der Waals surface area contributed by atoms with Gasteiger partial charge in [-0.25, -0.2) is 0 Å². The first-order valence-corrected chi connectivity index (χ1v) is 23.3. The zero-order chi connectivity index (χ0) is 20.6. The highest BCUT2D eigenvalue weighted by Gasteiger charge is 2.48. The van der Waals surface area contributed by atoms with Gasteiger partial charge in [0.2, 0.25) is 0 Å². The van der Waals surface area contributed by atoms with Gasteiger partial charge < -0.3 is 22.4 Å². The van der Waals surface area contributed by atoms with E-state index >= 15 is 0 Å². The molecular weight excluding hydrogens is 397 g/mol. The Morgan fingerprint density at radius 2 is 0.923 bits per heavy atom. The van der Waals surface area contributed by atoms with Crippen LogP contribution in [0.3, 0.4) is 0 Å². The third-order valence-electron chi connectivity index (χ3n) is 3.34. The van der Waals surface area contributed by atoms with Crippen LogP contribution < -0.4 is 0 Å². The van der Waals surface area contributed by atoms with Crippen LogP contribution in [0.25, 0.3) is 0 Å². The SMILES string of the molecule is C[Si](C)(C)O[C@@H]1OC[C@@H](O[Si](C)(C)C)[C@@H](O[Si](C)(C)C)[C@H]1O[Si](C)(C)C. The summed E-state index contributed by atoms with van der Waals surface area (Å²) >= 11 is 0. The van der Waals surface area contributed by atoms with E-state index in [9.17, 15) is 0 Å². The fraction of sp³-hybridized carbons (Fsp3) is 1.00. The van der Waals surface area contributed by atoms with Gasteiger partial charge in [0.05, 0.1) is 12.7 Å². The Bertz CT molecular complexity index is 406. The van der Waals surface area contributed by atoms with Gasteiger partial charge in [0.1, 0.15) is 12.2 Å². The van der Waals surface area contributed by atoms with Gasteiger partial charge in [-0.15, -0.1) is 0 Å². The summed E-state index contributed by atoms with van der Waals surface area (Å²) in [6.07, 6.45) is -0.863. The lowest BCUT2D eigenvalue weighted by Crippen LogP contribution is -2.63. The van der Waals surface area contributed by atoms with E-state index in [1.165, 1.54) is 0 Å². The van der Waals surface area contributed by atoms with Gasteiger partial charge >= 0.3 is 0 Å². The monoisotopic (exact) mass is 438 g/mol. The fourth-order valence-corrected chi connectivity index (χ4v) is 7.01. The first-order chi connectivity index (χ1) is 11.4. The molecule has 0 saturated carbocycles. The predicted octanol–water partition coefficient (Wildman–Crippen LogP) is 4.85. The van der Waals surface area contributed by atoms with Crippen LogP contribution >= 0.6 is 0 Å². The van der Waals surface area contributed by atoms with Crippen molar-refractivity contribution in [2.24, 2.45) is 0 Å². The van der Waals surface area contributed by atoms with Crippen LogP contribution in [0, 0.1) is 0 Å². The van der Waals surface area contributed by atoms with E-state index in [2.05, 4.69) is 78.6 Å². The van der Waals surface area contributed by atoms with Gasteiger partial charge in [0, 0.05) is 0 Å². The van der Waals surface area contributed by atoms with Crippen LogP contribution in [0.15, 0.2) is 0 Å². The summed E-state index contributed by atoms with van der Waals surface area (Å²) in [4.78, 5) is 0. The van der Waals surface area contributed by atoms with Crippen LogP contribution in [0.4, 0.5) is 0 Å². The topological polar surface area (TPSA) is 46.2 Å². The van der Waals surface area contributed by atoms with Gasteiger partial charge in [-0.05, 0) is 78.6 Å². The van der Waals surface area contributed by atoms with Gasteiger partial charge in [-0.3, -0.25) is 0 Å². The number of rotatable bonds is 8. The summed E-state index contributed by atoms with van der Waals surface area (Å²) in [6, 6.07) is 0. The van der Waals surface area contributed by atoms with Crippen molar-refractivity contribution in [2.45, 2.75) is 103 Å². The third kappa shape index (κ3) is 9.74. The standard InChI is InChI=1S/C17H42O5Si4/c1-23(2,3)19-14-13-18-17(22-26(10,11)12)16(21-25(7,8)9)15(14)20-24(4,5)6/h14-17H,13H2,1-12H3/t14-,15-,16-,17+/m1/s1. The molecule has 0 spiro atoms. The van der Waals surface area contributed by atoms with Crippen molar-refractivity contribution in [1.29, 1.82) is 0 Å². The van der Waals surface area contributed by atoms with E-state index in [1.54, 1.807) is 0 Å². The van der Waals surface area contributed by atoms with Crippen LogP contribution in [0.1, 0.15) is 0 Å². The Hall–Kier alpha value is 0.668. The lowest BCUT2D eigenvalue weighted by molar-refractivity contribution is -0.232. The second kappa shape index (κ2) is 8.58. The number of ether oxygens (including phenoxy) is 1. The zero-order valence-corrected chi connectivity index (χ0v) is 23.1. The molecule has 0 aliphatic carbocycles. The summed E-state index contributed by atoms with van der Waals surface area (Å²) in [7, 11) is -7.14. The van der Waals surface area contributed by atoms with Crippen LogP contribution in [0.2, 0.25) is 78.6 Å². The highest BCUT2D eigenvalue weighted by molar-refractivity contribution is 6.71. The molecule has 0 radical (unpaired) electrons. The minimum Gasteiger partial charge on any atom is -0.410 e. The average molecular weight is 439 g/mol. The van der Waals surface area contributed by atoms with Crippen molar-refractivity contribution in [3.05, 3.63) is 0 Å². The predicted molar refractivity (Wildman–Crippen MR) is 119 cm³/mol. The van der Waals surface area contributed by atoms with E-state index in [-0.39, 0.29) is 24.6 Å². The summed E-state index contributed by atoms with van der Waals surface area (Å²) in [5.74, 6) is 0. The molecule has 0 aromatic rings. The fourth-order valence-electron chi connectivity index (χ4n) is 2.83. The van der Waals surface area contributed by atoms with Gasteiger partial charge in [-0.2, -0.15) is 0 Å². The molecule has 1 rings (SSSR count). The van der Waals surface area contributed by atoms with E-state index in [0.29, 0.717) is 6.61 Å². The minimum atomic E-state index is -1.82. The Morgan fingerprint density at radius 1 is 0.538 bits per heavy atom. The van der Waals surface area contributed by atoms with Crippen molar-refractivity contribution in [3.8, 4) is 0 Å². The smallest absolute Gasteiger partial charge is 0.187 e. The molecule has 4 atom stereocenters. The maximum absolute atomic E-state index is 6.63. The molecule has 0 N–H and O–H groups in total. The van der Waals surface area contributed by atoms with Crippen molar-refractivity contribution in [3.63, 3.8) is 0 Å². The highest BCUT2D eigenvalue weighted by atomic mass is 28.4. The molecular formula is C17H42O5Si4. The number of hydrogen-bond acceptors (Lipinski definition) is 5. The van der Waals surface area contributed by atoms with E-state index in [4.69, 9.17) is 22.4 Å². The van der Waals surface area contributed by atoms with Crippen molar-refractivity contribution in [2.75, 3.05) is 6.61 Å². The number of hydrogen-bond donors (Lipinski definition) is 0. The van der Waals surface area contributed by atoms with E-state index in [0.717, 1.165) is 0 Å².